The summed E-state index contributed by atoms with van der Waals surface area (Å²) in [6.07, 6.45) is -1.06. The van der Waals surface area contributed by atoms with E-state index in [1.165, 1.54) is 17.0 Å². The van der Waals surface area contributed by atoms with Crippen LogP contribution in [-0.2, 0) is 14.3 Å². The lowest BCUT2D eigenvalue weighted by molar-refractivity contribution is -0.161. The lowest BCUT2D eigenvalue weighted by Crippen LogP contribution is -2.32. The monoisotopic (exact) mass is 415 g/mol. The van der Waals surface area contributed by atoms with Gasteiger partial charge in [0.1, 0.15) is 5.75 Å². The summed E-state index contributed by atoms with van der Waals surface area (Å²) >= 11 is 17.7. The van der Waals surface area contributed by atoms with Crippen LogP contribution in [0.15, 0.2) is 42.5 Å². The van der Waals surface area contributed by atoms with Gasteiger partial charge < -0.3 is 14.4 Å². The van der Waals surface area contributed by atoms with E-state index in [-0.39, 0.29) is 26.7 Å². The molecule has 138 valence electrons. The lowest BCUT2D eigenvalue weighted by atomic mass is 10.1. The van der Waals surface area contributed by atoms with Gasteiger partial charge in [0.15, 0.2) is 6.61 Å². The van der Waals surface area contributed by atoms with Crippen molar-refractivity contribution in [3.8, 4) is 5.75 Å². The minimum atomic E-state index is -1.06. The van der Waals surface area contributed by atoms with Gasteiger partial charge in [0.05, 0.1) is 15.1 Å². The van der Waals surface area contributed by atoms with Crippen molar-refractivity contribution in [3.05, 3.63) is 63.1 Å². The number of carbonyl (C=O) groups excluding carboxylic acids is 2. The molecule has 1 atom stereocenters. The van der Waals surface area contributed by atoms with Gasteiger partial charge in [-0.25, -0.2) is 4.79 Å². The van der Waals surface area contributed by atoms with Gasteiger partial charge in [-0.15, -0.1) is 0 Å². The Morgan fingerprint density at radius 3 is 2.23 bits per heavy atom. The highest BCUT2D eigenvalue weighted by molar-refractivity contribution is 6.43. The van der Waals surface area contributed by atoms with E-state index in [1.807, 2.05) is 0 Å². The number of hydrogen-bond acceptors (Lipinski definition) is 4. The molecule has 0 fully saturated rings. The highest BCUT2D eigenvalue weighted by atomic mass is 35.5. The third kappa shape index (κ3) is 5.27. The molecular formula is C18H16Cl3NO4. The first-order valence-corrected chi connectivity index (χ1v) is 8.66. The van der Waals surface area contributed by atoms with E-state index >= 15 is 0 Å². The van der Waals surface area contributed by atoms with Crippen molar-refractivity contribution in [3.63, 3.8) is 0 Å². The average molecular weight is 417 g/mol. The maximum atomic E-state index is 12.3. The Morgan fingerprint density at radius 2 is 1.62 bits per heavy atom. The van der Waals surface area contributed by atoms with Gasteiger partial charge in [-0.2, -0.15) is 0 Å². The number of rotatable bonds is 6. The molecule has 1 amide bonds. The second-order valence-electron chi connectivity index (χ2n) is 5.50. The van der Waals surface area contributed by atoms with Gasteiger partial charge >= 0.3 is 5.97 Å². The predicted octanol–water partition coefficient (Wildman–Crippen LogP) is 4.40. The summed E-state index contributed by atoms with van der Waals surface area (Å²) in [5.41, 5.74) is 0.562. The Labute approximate surface area is 166 Å². The van der Waals surface area contributed by atoms with Crippen LogP contribution >= 0.6 is 34.8 Å². The van der Waals surface area contributed by atoms with E-state index in [4.69, 9.17) is 44.3 Å². The molecule has 1 unspecified atom stereocenters. The number of amides is 1. The van der Waals surface area contributed by atoms with Crippen LogP contribution in [0.2, 0.25) is 15.1 Å². The van der Waals surface area contributed by atoms with Gasteiger partial charge in [0, 0.05) is 25.7 Å². The van der Waals surface area contributed by atoms with E-state index in [9.17, 15) is 9.59 Å². The summed E-state index contributed by atoms with van der Waals surface area (Å²) in [7, 11) is 3.16. The third-order valence-corrected chi connectivity index (χ3v) is 4.35. The molecule has 0 N–H and O–H groups in total. The molecule has 0 saturated carbocycles. The molecule has 26 heavy (non-hydrogen) atoms. The second-order valence-corrected chi connectivity index (χ2v) is 6.72. The largest absolute Gasteiger partial charge is 0.480 e. The highest BCUT2D eigenvalue weighted by Gasteiger charge is 2.26. The molecule has 0 saturated heterocycles. The summed E-state index contributed by atoms with van der Waals surface area (Å²) in [5.74, 6) is -0.901. The van der Waals surface area contributed by atoms with Crippen molar-refractivity contribution in [2.45, 2.75) is 6.10 Å². The minimum Gasteiger partial charge on any atom is -0.480 e. The van der Waals surface area contributed by atoms with E-state index in [0.717, 1.165) is 0 Å². The number of nitrogens with zero attached hydrogens (tertiary/aromatic N) is 1. The first kappa shape index (κ1) is 20.4. The fourth-order valence-electron chi connectivity index (χ4n) is 2.04. The second kappa shape index (κ2) is 9.12. The summed E-state index contributed by atoms with van der Waals surface area (Å²) in [4.78, 5) is 25.9. The van der Waals surface area contributed by atoms with Crippen LogP contribution in [0.5, 0.6) is 5.75 Å². The highest BCUT2D eigenvalue weighted by Crippen LogP contribution is 2.33. The van der Waals surface area contributed by atoms with E-state index in [0.29, 0.717) is 5.56 Å². The van der Waals surface area contributed by atoms with Gasteiger partial charge in [-0.05, 0) is 6.07 Å². The van der Waals surface area contributed by atoms with Gasteiger partial charge in [0.2, 0.25) is 6.10 Å². The van der Waals surface area contributed by atoms with Crippen LogP contribution in [0.25, 0.3) is 0 Å². The number of esters is 1. The Balaban J connectivity index is 2.08. The molecule has 0 radical (unpaired) electrons. The van der Waals surface area contributed by atoms with Crippen molar-refractivity contribution in [2.75, 3.05) is 20.7 Å². The topological polar surface area (TPSA) is 55.8 Å². The molecule has 0 aliphatic carbocycles. The van der Waals surface area contributed by atoms with E-state index in [1.54, 1.807) is 44.4 Å². The van der Waals surface area contributed by atoms with E-state index in [2.05, 4.69) is 0 Å². The molecule has 5 nitrogen and oxygen atoms in total. The number of benzene rings is 2. The molecule has 0 aromatic heterocycles. The van der Waals surface area contributed by atoms with Crippen LogP contribution in [0.4, 0.5) is 0 Å². The molecular weight excluding hydrogens is 401 g/mol. The number of hydrogen-bond donors (Lipinski definition) is 0. The van der Waals surface area contributed by atoms with E-state index < -0.39 is 18.7 Å². The molecule has 0 aliphatic heterocycles. The Hall–Kier alpha value is -1.95. The number of halogens is 3. The van der Waals surface area contributed by atoms with Crippen molar-refractivity contribution >= 4 is 46.7 Å². The Morgan fingerprint density at radius 1 is 1.00 bits per heavy atom. The van der Waals surface area contributed by atoms with Gasteiger partial charge in [-0.3, -0.25) is 4.79 Å². The fourth-order valence-corrected chi connectivity index (χ4v) is 2.63. The molecule has 2 aromatic rings. The number of carbonyl (C=O) groups is 2. The van der Waals surface area contributed by atoms with Crippen molar-refractivity contribution in [1.29, 1.82) is 0 Å². The molecule has 0 spiro atoms. The Bertz CT molecular complexity index is 797. The van der Waals surface area contributed by atoms with Crippen LogP contribution < -0.4 is 4.74 Å². The maximum absolute atomic E-state index is 12.3. The molecule has 2 rings (SSSR count). The lowest BCUT2D eigenvalue weighted by Gasteiger charge is -2.21. The molecule has 0 bridgehead atoms. The van der Waals surface area contributed by atoms with Crippen LogP contribution in [-0.4, -0.2) is 37.5 Å². The molecule has 2 aromatic carbocycles. The molecule has 0 heterocycles. The summed E-state index contributed by atoms with van der Waals surface area (Å²) in [6.45, 7) is -0.443. The standard InChI is InChI=1S/C18H16Cl3NO4/c1-22(2)18(24)17(11-6-4-3-5-7-11)26-16(23)10-25-15-9-13(20)12(19)8-14(15)21/h3-9,17H,10H2,1-2H3. The SMILES string of the molecule is CN(C)C(=O)C(OC(=O)COc1cc(Cl)c(Cl)cc1Cl)c1ccccc1. The fraction of sp³-hybridized carbons (Fsp3) is 0.222. The van der Waals surface area contributed by atoms with Gasteiger partial charge in [-0.1, -0.05) is 65.1 Å². The van der Waals surface area contributed by atoms with Crippen LogP contribution in [0.1, 0.15) is 11.7 Å². The number of ether oxygens (including phenoxy) is 2. The van der Waals surface area contributed by atoms with Crippen LogP contribution in [0.3, 0.4) is 0 Å². The van der Waals surface area contributed by atoms with Crippen molar-refractivity contribution < 1.29 is 19.1 Å². The zero-order chi connectivity index (χ0) is 19.3. The number of likely N-dealkylation sites (N-methyl/N-ethyl adjacent to an activating group) is 1. The predicted molar refractivity (Wildman–Crippen MR) is 101 cm³/mol. The zero-order valence-corrected chi connectivity index (χ0v) is 16.3. The van der Waals surface area contributed by atoms with Crippen LogP contribution in [0, 0.1) is 0 Å². The average Bonchev–Trinajstić information content (AvgIpc) is 2.61. The normalized spacial score (nSPS) is 11.6. The molecule has 0 aliphatic rings. The van der Waals surface area contributed by atoms with Gasteiger partial charge in [0.25, 0.3) is 5.91 Å². The zero-order valence-electron chi connectivity index (χ0n) is 14.0. The summed E-state index contributed by atoms with van der Waals surface area (Å²) < 4.78 is 10.7. The molecule has 8 heteroatoms. The maximum Gasteiger partial charge on any atom is 0.345 e. The smallest absolute Gasteiger partial charge is 0.345 e. The quantitative estimate of drug-likeness (QED) is 0.517. The van der Waals surface area contributed by atoms with Crippen molar-refractivity contribution in [2.24, 2.45) is 0 Å². The summed E-state index contributed by atoms with van der Waals surface area (Å²) in [6, 6.07) is 11.5. The summed E-state index contributed by atoms with van der Waals surface area (Å²) in [5, 5.41) is 0.716. The Kier molecular flexibility index (Phi) is 7.14. The first-order chi connectivity index (χ1) is 12.3. The van der Waals surface area contributed by atoms with Crippen molar-refractivity contribution in [1.82, 2.24) is 4.90 Å². The first-order valence-electron chi connectivity index (χ1n) is 7.52. The third-order valence-electron chi connectivity index (χ3n) is 3.34. The minimum absolute atomic E-state index is 0.188.